The maximum absolute atomic E-state index is 4.83. The Morgan fingerprint density at radius 1 is 0.186 bits per heavy atom. The lowest BCUT2D eigenvalue weighted by atomic mass is 9.99. The highest BCUT2D eigenvalue weighted by Gasteiger charge is 2.17. The molecule has 0 bridgehead atoms. The number of aryl methyl sites for hydroxylation is 3. The van der Waals surface area contributed by atoms with Crippen molar-refractivity contribution in [1.29, 1.82) is 0 Å². The lowest BCUT2D eigenvalue weighted by Gasteiger charge is -2.10. The van der Waals surface area contributed by atoms with Crippen molar-refractivity contribution in [2.45, 2.75) is 20.8 Å². The van der Waals surface area contributed by atoms with E-state index in [1.165, 1.54) is 5.56 Å². The minimum atomic E-state index is 0.653. The van der Waals surface area contributed by atoms with Crippen LogP contribution in [0, 0.1) is 20.8 Å². The summed E-state index contributed by atoms with van der Waals surface area (Å²) < 4.78 is 0. The largest absolute Gasteiger partial charge is 0.262 e. The second-order valence-corrected chi connectivity index (χ2v) is 23.1. The van der Waals surface area contributed by atoms with Crippen LogP contribution in [-0.4, -0.2) is 59.8 Å². The summed E-state index contributed by atoms with van der Waals surface area (Å²) in [5.74, 6) is 5.93. The fourth-order valence-electron chi connectivity index (χ4n) is 11.2. The molecule has 16 rings (SSSR count). The summed E-state index contributed by atoms with van der Waals surface area (Å²) in [6.45, 7) is 6.02. The van der Waals surface area contributed by atoms with Gasteiger partial charge in [0.25, 0.3) is 0 Å². The highest BCUT2D eigenvalue weighted by molar-refractivity contribution is 5.95. The Labute approximate surface area is 563 Å². The Morgan fingerprint density at radius 3 is 0.897 bits per heavy atom. The van der Waals surface area contributed by atoms with E-state index in [0.717, 1.165) is 106 Å². The van der Waals surface area contributed by atoms with Gasteiger partial charge in [0.15, 0.2) is 52.4 Å². The van der Waals surface area contributed by atoms with Gasteiger partial charge in [-0.15, -0.1) is 0 Å². The lowest BCUT2D eigenvalue weighted by Crippen LogP contribution is -2.00. The van der Waals surface area contributed by atoms with Gasteiger partial charge in [0, 0.05) is 90.5 Å². The first-order chi connectivity index (χ1) is 47.8. The molecule has 0 amide bonds. The number of rotatable bonds is 12. The van der Waals surface area contributed by atoms with Gasteiger partial charge in [-0.3, -0.25) is 15.0 Å². The van der Waals surface area contributed by atoms with E-state index >= 15 is 0 Å². The van der Waals surface area contributed by atoms with E-state index in [9.17, 15) is 0 Å². The SMILES string of the molecule is Cc1cc(-c2ccc(-c3nc(-c4ccccc4)nc(-c4ccccc4)n3)cc2)c2ccccc2n1.Cc1cc(-c2cccc(-c3nc(-c4ccccc4)nc(-c4ccccc4)n3)c2)ccn1.Cc1ccc(-c2ccc(-c3nc(-c4ccccc4)nc(-c4ccccc4)n3)cc2)cn1. The second-order valence-electron chi connectivity index (χ2n) is 23.1. The van der Waals surface area contributed by atoms with E-state index < -0.39 is 0 Å². The molecule has 0 saturated heterocycles. The molecule has 0 N–H and O–H groups in total. The van der Waals surface area contributed by atoms with Gasteiger partial charge >= 0.3 is 0 Å². The normalized spacial score (nSPS) is 10.8. The van der Waals surface area contributed by atoms with Crippen molar-refractivity contribution in [3.63, 3.8) is 0 Å². The van der Waals surface area contributed by atoms with Crippen LogP contribution in [0.5, 0.6) is 0 Å². The van der Waals surface area contributed by atoms with Crippen LogP contribution >= 0.6 is 0 Å². The molecule has 462 valence electrons. The van der Waals surface area contributed by atoms with Crippen LogP contribution < -0.4 is 0 Å². The first-order valence-corrected chi connectivity index (χ1v) is 31.9. The van der Waals surface area contributed by atoms with Gasteiger partial charge in [0.05, 0.1) is 5.52 Å². The highest BCUT2D eigenvalue weighted by atomic mass is 15.1. The molecule has 0 unspecified atom stereocenters. The second kappa shape index (κ2) is 28.8. The number of fused-ring (bicyclic) bond motifs is 1. The van der Waals surface area contributed by atoms with E-state index in [1.54, 1.807) is 0 Å². The Balaban J connectivity index is 0.000000125. The monoisotopic (exact) mass is 1250 g/mol. The van der Waals surface area contributed by atoms with Gasteiger partial charge < -0.3 is 0 Å². The van der Waals surface area contributed by atoms with Gasteiger partial charge in [-0.05, 0) is 85.0 Å². The number of hydrogen-bond acceptors (Lipinski definition) is 12. The number of aromatic nitrogens is 12. The zero-order valence-corrected chi connectivity index (χ0v) is 53.5. The summed E-state index contributed by atoms with van der Waals surface area (Å²) >= 11 is 0. The van der Waals surface area contributed by atoms with Crippen molar-refractivity contribution >= 4 is 10.9 Å². The Hall–Kier alpha value is -13.1. The van der Waals surface area contributed by atoms with Crippen LogP contribution in [0.15, 0.2) is 322 Å². The molecular formula is C85H62N12. The van der Waals surface area contributed by atoms with Crippen LogP contribution in [0.4, 0.5) is 0 Å². The molecule has 16 aromatic rings. The minimum Gasteiger partial charge on any atom is -0.262 e. The molecular weight excluding hydrogens is 1190 g/mol. The predicted octanol–water partition coefficient (Wildman–Crippen LogP) is 19.9. The Bertz CT molecular complexity index is 5150. The summed E-state index contributed by atoms with van der Waals surface area (Å²) in [6.07, 6.45) is 3.73. The zero-order valence-electron chi connectivity index (χ0n) is 53.5. The molecule has 0 radical (unpaired) electrons. The van der Waals surface area contributed by atoms with Crippen molar-refractivity contribution in [1.82, 2.24) is 59.8 Å². The molecule has 97 heavy (non-hydrogen) atoms. The molecule has 0 atom stereocenters. The van der Waals surface area contributed by atoms with E-state index in [4.69, 9.17) is 44.9 Å². The van der Waals surface area contributed by atoms with Gasteiger partial charge in [0.2, 0.25) is 0 Å². The van der Waals surface area contributed by atoms with Crippen LogP contribution in [-0.2, 0) is 0 Å². The molecule has 0 aliphatic heterocycles. The van der Waals surface area contributed by atoms with Gasteiger partial charge in [0.1, 0.15) is 0 Å². The highest BCUT2D eigenvalue weighted by Crippen LogP contribution is 2.34. The lowest BCUT2D eigenvalue weighted by molar-refractivity contribution is 1.07. The van der Waals surface area contributed by atoms with E-state index in [1.807, 2.05) is 258 Å². The summed E-state index contributed by atoms with van der Waals surface area (Å²) in [5, 5.41) is 1.14. The summed E-state index contributed by atoms with van der Waals surface area (Å²) in [4.78, 5) is 56.5. The fourth-order valence-corrected chi connectivity index (χ4v) is 11.2. The molecule has 0 saturated carbocycles. The Kier molecular flexibility index (Phi) is 18.3. The first kappa shape index (κ1) is 61.4. The molecule has 6 heterocycles. The quantitative estimate of drug-likeness (QED) is 0.114. The van der Waals surface area contributed by atoms with Crippen LogP contribution in [0.2, 0.25) is 0 Å². The van der Waals surface area contributed by atoms with Crippen molar-refractivity contribution in [3.05, 3.63) is 339 Å². The average molecular weight is 1250 g/mol. The smallest absolute Gasteiger partial charge is 0.164 e. The van der Waals surface area contributed by atoms with E-state index in [0.29, 0.717) is 52.4 Å². The number of pyridine rings is 3. The van der Waals surface area contributed by atoms with E-state index in [2.05, 4.69) is 99.9 Å². The number of benzene rings is 10. The number of para-hydroxylation sites is 1. The summed E-state index contributed by atoms with van der Waals surface area (Å²) in [5.41, 5.74) is 19.3. The van der Waals surface area contributed by atoms with Crippen LogP contribution in [0.3, 0.4) is 0 Å². The molecule has 12 heteroatoms. The molecule has 10 aromatic carbocycles. The third kappa shape index (κ3) is 14.7. The average Bonchev–Trinajstić information content (AvgIpc) is 0.883. The van der Waals surface area contributed by atoms with Crippen LogP contribution in [0.1, 0.15) is 17.1 Å². The number of hydrogen-bond donors (Lipinski definition) is 0. The van der Waals surface area contributed by atoms with Crippen molar-refractivity contribution < 1.29 is 0 Å². The fraction of sp³-hybridized carbons (Fsp3) is 0.0353. The number of nitrogens with zero attached hydrogens (tertiary/aromatic N) is 12. The van der Waals surface area contributed by atoms with E-state index in [-0.39, 0.29) is 0 Å². The maximum Gasteiger partial charge on any atom is 0.164 e. The molecule has 0 fully saturated rings. The van der Waals surface area contributed by atoms with Crippen molar-refractivity contribution in [2.24, 2.45) is 0 Å². The van der Waals surface area contributed by atoms with Gasteiger partial charge in [-0.25, -0.2) is 44.9 Å². The van der Waals surface area contributed by atoms with Crippen LogP contribution in [0.25, 0.3) is 147 Å². The predicted molar refractivity (Wildman–Crippen MR) is 390 cm³/mol. The van der Waals surface area contributed by atoms with Gasteiger partial charge in [-0.1, -0.05) is 273 Å². The maximum atomic E-state index is 4.83. The third-order valence-electron chi connectivity index (χ3n) is 16.1. The third-order valence-corrected chi connectivity index (χ3v) is 16.1. The first-order valence-electron chi connectivity index (χ1n) is 31.9. The van der Waals surface area contributed by atoms with Gasteiger partial charge in [-0.2, -0.15) is 0 Å². The minimum absolute atomic E-state index is 0.653. The molecule has 0 spiro atoms. The standard InChI is InChI=1S/C31H22N4.2C27H20N4/c1-21-20-27(26-14-8-9-15-28(26)32-21)22-16-18-25(19-17-22)31-34-29(23-10-4-2-5-11-23)33-30(35-31)24-12-6-3-7-13-24;1-19-17-23(15-16-28-19)22-13-8-14-24(18-22)27-30-25(20-9-4-2-5-10-20)29-26(31-27)21-11-6-3-7-12-21;1-19-12-13-24(18-28-19)20-14-16-23(17-15-20)27-30-25(21-8-4-2-5-9-21)29-26(31-27)22-10-6-3-7-11-22/h2-20H,1H3;2*2-18H,1H3. The molecule has 6 aromatic heterocycles. The molecule has 0 aliphatic carbocycles. The molecule has 0 aliphatic rings. The summed E-state index contributed by atoms with van der Waals surface area (Å²) in [6, 6.07) is 104. The zero-order chi connectivity index (χ0) is 65.7. The Morgan fingerprint density at radius 2 is 0.505 bits per heavy atom. The van der Waals surface area contributed by atoms with Crippen molar-refractivity contribution in [3.8, 4) is 136 Å². The molecule has 12 nitrogen and oxygen atoms in total. The van der Waals surface area contributed by atoms with Crippen molar-refractivity contribution in [2.75, 3.05) is 0 Å². The summed E-state index contributed by atoms with van der Waals surface area (Å²) in [7, 11) is 0. The topological polar surface area (TPSA) is 155 Å².